The molecule has 1 aromatic carbocycles. The second-order valence-corrected chi connectivity index (χ2v) is 10.5. The maximum Gasteiger partial charge on any atom is 0.227 e. The SMILES string of the molecule is CCCCN(C(=O)Cc1c(C)nn(-c2ccccc2)c1C)C1CC(C)(C)NC(C)(C)C1. The van der Waals surface area contributed by atoms with Crippen LogP contribution in [0, 0.1) is 13.8 Å². The Kier molecular flexibility index (Phi) is 6.95. The summed E-state index contributed by atoms with van der Waals surface area (Å²) in [5.74, 6) is 0.228. The average molecular weight is 425 g/mol. The Morgan fingerprint density at radius 2 is 1.74 bits per heavy atom. The van der Waals surface area contributed by atoms with E-state index in [0.717, 1.165) is 54.9 Å². The summed E-state index contributed by atoms with van der Waals surface area (Å²) < 4.78 is 1.96. The van der Waals surface area contributed by atoms with Crippen LogP contribution in [-0.4, -0.2) is 44.3 Å². The van der Waals surface area contributed by atoms with Crippen molar-refractivity contribution in [3.05, 3.63) is 47.3 Å². The maximum absolute atomic E-state index is 13.7. The van der Waals surface area contributed by atoms with Crippen LogP contribution in [0.15, 0.2) is 30.3 Å². The van der Waals surface area contributed by atoms with E-state index < -0.39 is 0 Å². The zero-order valence-corrected chi connectivity index (χ0v) is 20.5. The summed E-state index contributed by atoms with van der Waals surface area (Å²) in [6, 6.07) is 10.4. The predicted octanol–water partition coefficient (Wildman–Crippen LogP) is 4.97. The minimum absolute atomic E-state index is 0.0151. The summed E-state index contributed by atoms with van der Waals surface area (Å²) in [5, 5.41) is 8.50. The third-order valence-corrected chi connectivity index (χ3v) is 6.45. The van der Waals surface area contributed by atoms with Crippen LogP contribution in [0.25, 0.3) is 5.69 Å². The monoisotopic (exact) mass is 424 g/mol. The molecule has 0 spiro atoms. The summed E-state index contributed by atoms with van der Waals surface area (Å²) in [5.41, 5.74) is 4.12. The predicted molar refractivity (Wildman–Crippen MR) is 128 cm³/mol. The van der Waals surface area contributed by atoms with E-state index in [1.54, 1.807) is 0 Å². The van der Waals surface area contributed by atoms with Crippen molar-refractivity contribution in [1.82, 2.24) is 20.0 Å². The molecule has 1 amide bonds. The van der Waals surface area contributed by atoms with E-state index in [9.17, 15) is 4.79 Å². The number of amides is 1. The van der Waals surface area contributed by atoms with Crippen LogP contribution in [0.3, 0.4) is 0 Å². The molecule has 1 N–H and O–H groups in total. The van der Waals surface area contributed by atoms with Crippen LogP contribution in [-0.2, 0) is 11.2 Å². The molecule has 5 heteroatoms. The molecule has 1 saturated heterocycles. The van der Waals surface area contributed by atoms with Gasteiger partial charge in [-0.25, -0.2) is 4.68 Å². The summed E-state index contributed by atoms with van der Waals surface area (Å²) in [6.07, 6.45) is 4.50. The van der Waals surface area contributed by atoms with Crippen LogP contribution in [0.5, 0.6) is 0 Å². The smallest absolute Gasteiger partial charge is 0.227 e. The third kappa shape index (κ3) is 5.57. The summed E-state index contributed by atoms with van der Waals surface area (Å²) in [6.45, 7) is 16.1. The van der Waals surface area contributed by atoms with E-state index in [1.165, 1.54) is 0 Å². The molecule has 1 aliphatic heterocycles. The minimum atomic E-state index is 0.0151. The van der Waals surface area contributed by atoms with Gasteiger partial charge in [-0.1, -0.05) is 31.5 Å². The first-order chi connectivity index (χ1) is 14.5. The second-order valence-electron chi connectivity index (χ2n) is 10.5. The van der Waals surface area contributed by atoms with Gasteiger partial charge in [0.05, 0.1) is 17.8 Å². The van der Waals surface area contributed by atoms with E-state index in [4.69, 9.17) is 5.10 Å². The van der Waals surface area contributed by atoms with Gasteiger partial charge in [-0.2, -0.15) is 5.10 Å². The first-order valence-electron chi connectivity index (χ1n) is 11.7. The van der Waals surface area contributed by atoms with E-state index >= 15 is 0 Å². The zero-order valence-electron chi connectivity index (χ0n) is 20.5. The molecule has 0 bridgehead atoms. The lowest BCUT2D eigenvalue weighted by molar-refractivity contribution is -0.134. The molecule has 170 valence electrons. The van der Waals surface area contributed by atoms with Gasteiger partial charge in [0.2, 0.25) is 5.91 Å². The van der Waals surface area contributed by atoms with Crippen molar-refractivity contribution < 1.29 is 4.79 Å². The van der Waals surface area contributed by atoms with Crippen molar-refractivity contribution >= 4 is 5.91 Å². The van der Waals surface area contributed by atoms with Crippen LogP contribution in [0.4, 0.5) is 0 Å². The number of carbonyl (C=O) groups excluding carboxylic acids is 1. The third-order valence-electron chi connectivity index (χ3n) is 6.45. The quantitative estimate of drug-likeness (QED) is 0.683. The highest BCUT2D eigenvalue weighted by molar-refractivity contribution is 5.79. The molecule has 1 aliphatic rings. The number of carbonyl (C=O) groups is 1. The number of hydrogen-bond acceptors (Lipinski definition) is 3. The Morgan fingerprint density at radius 1 is 1.13 bits per heavy atom. The van der Waals surface area contributed by atoms with Crippen molar-refractivity contribution in [3.8, 4) is 5.69 Å². The van der Waals surface area contributed by atoms with Crippen molar-refractivity contribution in [3.63, 3.8) is 0 Å². The molecule has 1 fully saturated rings. The van der Waals surface area contributed by atoms with Gasteiger partial charge in [-0.3, -0.25) is 4.79 Å². The van der Waals surface area contributed by atoms with Gasteiger partial charge in [0.25, 0.3) is 0 Å². The van der Waals surface area contributed by atoms with Gasteiger partial charge in [0.1, 0.15) is 0 Å². The average Bonchev–Trinajstić information content (AvgIpc) is 2.95. The van der Waals surface area contributed by atoms with Gasteiger partial charge in [0.15, 0.2) is 0 Å². The first-order valence-corrected chi connectivity index (χ1v) is 11.7. The Morgan fingerprint density at radius 3 is 2.32 bits per heavy atom. The van der Waals surface area contributed by atoms with E-state index in [0.29, 0.717) is 6.42 Å². The topological polar surface area (TPSA) is 50.2 Å². The lowest BCUT2D eigenvalue weighted by Gasteiger charge is -2.49. The number of benzene rings is 1. The van der Waals surface area contributed by atoms with Gasteiger partial charge in [-0.05, 0) is 72.9 Å². The summed E-state index contributed by atoms with van der Waals surface area (Å²) in [4.78, 5) is 15.8. The molecule has 0 saturated carbocycles. The molecular weight excluding hydrogens is 384 g/mol. The molecule has 31 heavy (non-hydrogen) atoms. The Hall–Kier alpha value is -2.14. The molecule has 0 radical (unpaired) electrons. The van der Waals surface area contributed by atoms with Gasteiger partial charge in [-0.15, -0.1) is 0 Å². The van der Waals surface area contributed by atoms with Gasteiger partial charge in [0, 0.05) is 34.9 Å². The Labute approximate surface area is 188 Å². The molecule has 0 unspecified atom stereocenters. The molecular formula is C26H40N4O. The standard InChI is InChI=1S/C26H40N4O/c1-8-9-15-29(22-17-25(4,5)28-26(6,7)18-22)24(31)16-23-19(2)27-30(20(23)3)21-13-11-10-12-14-21/h10-14,22,28H,8-9,15-18H2,1-7H3. The fourth-order valence-electron chi connectivity index (χ4n) is 5.33. The minimum Gasteiger partial charge on any atom is -0.339 e. The fourth-order valence-corrected chi connectivity index (χ4v) is 5.33. The number of piperidine rings is 1. The van der Waals surface area contributed by atoms with Crippen molar-refractivity contribution in [2.45, 2.75) is 97.7 Å². The fraction of sp³-hybridized carbons (Fsp3) is 0.615. The number of aryl methyl sites for hydroxylation is 1. The van der Waals surface area contributed by atoms with Gasteiger partial charge >= 0.3 is 0 Å². The number of unbranched alkanes of at least 4 members (excludes halogenated alkanes) is 1. The first kappa shape index (κ1) is 23.5. The Balaban J connectivity index is 1.86. The number of para-hydroxylation sites is 1. The largest absolute Gasteiger partial charge is 0.339 e. The molecule has 2 heterocycles. The number of nitrogens with one attached hydrogen (secondary N) is 1. The highest BCUT2D eigenvalue weighted by Crippen LogP contribution is 2.32. The van der Waals surface area contributed by atoms with Crippen LogP contribution >= 0.6 is 0 Å². The molecule has 5 nitrogen and oxygen atoms in total. The lowest BCUT2D eigenvalue weighted by Crippen LogP contribution is -2.63. The molecule has 3 rings (SSSR count). The lowest BCUT2D eigenvalue weighted by atomic mass is 9.78. The number of nitrogens with zero attached hydrogens (tertiary/aromatic N) is 3. The zero-order chi connectivity index (χ0) is 22.8. The molecule has 0 aliphatic carbocycles. The number of rotatable bonds is 7. The van der Waals surface area contributed by atoms with Crippen LogP contribution < -0.4 is 5.32 Å². The van der Waals surface area contributed by atoms with E-state index in [-0.39, 0.29) is 23.0 Å². The van der Waals surface area contributed by atoms with Gasteiger partial charge < -0.3 is 10.2 Å². The number of aromatic nitrogens is 2. The Bertz CT molecular complexity index is 882. The van der Waals surface area contributed by atoms with Crippen molar-refractivity contribution in [2.24, 2.45) is 0 Å². The summed E-state index contributed by atoms with van der Waals surface area (Å²) >= 11 is 0. The van der Waals surface area contributed by atoms with E-state index in [2.05, 4.69) is 63.9 Å². The molecule has 2 aromatic rings. The highest BCUT2D eigenvalue weighted by atomic mass is 16.2. The van der Waals surface area contributed by atoms with Crippen LogP contribution in [0.2, 0.25) is 0 Å². The normalized spacial score (nSPS) is 18.2. The molecule has 1 aromatic heterocycles. The maximum atomic E-state index is 13.7. The van der Waals surface area contributed by atoms with Crippen molar-refractivity contribution in [2.75, 3.05) is 6.54 Å². The van der Waals surface area contributed by atoms with E-state index in [1.807, 2.05) is 29.8 Å². The second kappa shape index (κ2) is 9.15. The highest BCUT2D eigenvalue weighted by Gasteiger charge is 2.41. The summed E-state index contributed by atoms with van der Waals surface area (Å²) in [7, 11) is 0. The van der Waals surface area contributed by atoms with Crippen LogP contribution in [0.1, 0.15) is 77.3 Å². The number of hydrogen-bond donors (Lipinski definition) is 1. The molecule has 0 atom stereocenters. The van der Waals surface area contributed by atoms with Crippen molar-refractivity contribution in [1.29, 1.82) is 0 Å².